The third-order valence-corrected chi connectivity index (χ3v) is 3.44. The molecule has 0 aliphatic heterocycles. The molecule has 0 spiro atoms. The van der Waals surface area contributed by atoms with Gasteiger partial charge >= 0.3 is 0 Å². The lowest BCUT2D eigenvalue weighted by Crippen LogP contribution is -1.87. The van der Waals surface area contributed by atoms with Crippen molar-refractivity contribution in [2.24, 2.45) is 0 Å². The van der Waals surface area contributed by atoms with E-state index >= 15 is 0 Å². The van der Waals surface area contributed by atoms with Gasteiger partial charge in [0.2, 0.25) is 0 Å². The van der Waals surface area contributed by atoms with E-state index in [9.17, 15) is 15.2 Å². The number of nitriles is 1. The minimum Gasteiger partial charge on any atom is -0.507 e. The van der Waals surface area contributed by atoms with E-state index < -0.39 is 4.92 Å². The second-order valence-electron chi connectivity index (χ2n) is 3.65. The summed E-state index contributed by atoms with van der Waals surface area (Å²) in [5.74, 6) is -0.136. The zero-order chi connectivity index (χ0) is 13.8. The summed E-state index contributed by atoms with van der Waals surface area (Å²) in [5, 5.41) is 29.0. The molecule has 2 rings (SSSR count). The predicted molar refractivity (Wildman–Crippen MR) is 70.0 cm³/mol. The first-order valence-corrected chi connectivity index (χ1v) is 6.07. The summed E-state index contributed by atoms with van der Waals surface area (Å²) < 4.78 is 0. The minimum atomic E-state index is -0.560. The van der Waals surface area contributed by atoms with Gasteiger partial charge in [0, 0.05) is 11.0 Å². The Morgan fingerprint density at radius 2 is 1.89 bits per heavy atom. The van der Waals surface area contributed by atoms with Gasteiger partial charge in [0.15, 0.2) is 0 Å². The quantitative estimate of drug-likeness (QED) is 0.684. The van der Waals surface area contributed by atoms with Crippen LogP contribution in [0.3, 0.4) is 0 Å². The molecule has 0 fully saturated rings. The maximum absolute atomic E-state index is 10.6. The van der Waals surface area contributed by atoms with Crippen molar-refractivity contribution in [3.8, 4) is 11.8 Å². The first-order chi connectivity index (χ1) is 9.10. The summed E-state index contributed by atoms with van der Waals surface area (Å²) in [5.41, 5.74) is 0.402. The van der Waals surface area contributed by atoms with E-state index in [1.807, 2.05) is 6.07 Å². The summed E-state index contributed by atoms with van der Waals surface area (Å²) in [6, 6.07) is 12.8. The Kier molecular flexibility index (Phi) is 3.68. The number of nitro groups is 1. The summed E-state index contributed by atoms with van der Waals surface area (Å²) in [7, 11) is 0. The van der Waals surface area contributed by atoms with Gasteiger partial charge < -0.3 is 5.11 Å². The van der Waals surface area contributed by atoms with Gasteiger partial charge in [0.1, 0.15) is 5.75 Å². The fourth-order valence-corrected chi connectivity index (χ4v) is 2.26. The van der Waals surface area contributed by atoms with Crippen LogP contribution in [0.5, 0.6) is 5.75 Å². The highest BCUT2D eigenvalue weighted by Crippen LogP contribution is 2.36. The number of nitro benzene ring substituents is 1. The molecule has 0 unspecified atom stereocenters. The number of rotatable bonds is 3. The molecule has 2 aromatic carbocycles. The molecule has 0 aliphatic rings. The molecule has 0 bridgehead atoms. The van der Waals surface area contributed by atoms with Crippen LogP contribution < -0.4 is 0 Å². The monoisotopic (exact) mass is 272 g/mol. The normalized spacial score (nSPS) is 9.84. The maximum atomic E-state index is 10.6. The van der Waals surface area contributed by atoms with Gasteiger partial charge in [0.25, 0.3) is 5.69 Å². The summed E-state index contributed by atoms with van der Waals surface area (Å²) >= 11 is 1.27. The smallest absolute Gasteiger partial charge is 0.273 e. The summed E-state index contributed by atoms with van der Waals surface area (Å²) in [4.78, 5) is 11.4. The molecule has 0 saturated carbocycles. The van der Waals surface area contributed by atoms with E-state index in [0.717, 1.165) is 11.0 Å². The molecular formula is C13H8N2O3S. The Bertz CT molecular complexity index is 663. The SMILES string of the molecule is N#Cc1ccc(Sc2ccc([N+](=O)[O-])cc2O)cc1. The lowest BCUT2D eigenvalue weighted by atomic mass is 10.2. The average molecular weight is 272 g/mol. The molecule has 0 aromatic heterocycles. The van der Waals surface area contributed by atoms with E-state index in [2.05, 4.69) is 0 Å². The average Bonchev–Trinajstić information content (AvgIpc) is 2.41. The van der Waals surface area contributed by atoms with Gasteiger partial charge in [-0.1, -0.05) is 11.8 Å². The van der Waals surface area contributed by atoms with E-state index in [1.54, 1.807) is 24.3 Å². The predicted octanol–water partition coefficient (Wildman–Crippen LogP) is 3.32. The van der Waals surface area contributed by atoms with Gasteiger partial charge in [-0.15, -0.1) is 0 Å². The molecule has 5 nitrogen and oxygen atoms in total. The maximum Gasteiger partial charge on any atom is 0.273 e. The highest BCUT2D eigenvalue weighted by molar-refractivity contribution is 7.99. The van der Waals surface area contributed by atoms with Crippen LogP contribution in [0.2, 0.25) is 0 Å². The molecule has 0 heterocycles. The van der Waals surface area contributed by atoms with Gasteiger partial charge in [-0.2, -0.15) is 5.26 Å². The second kappa shape index (κ2) is 5.42. The molecule has 0 radical (unpaired) electrons. The van der Waals surface area contributed by atoms with Crippen LogP contribution in [0.4, 0.5) is 5.69 Å². The Morgan fingerprint density at radius 3 is 2.42 bits per heavy atom. The summed E-state index contributed by atoms with van der Waals surface area (Å²) in [6.45, 7) is 0. The van der Waals surface area contributed by atoms with Gasteiger partial charge in [0.05, 0.1) is 27.5 Å². The minimum absolute atomic E-state index is 0.136. The van der Waals surface area contributed by atoms with Gasteiger partial charge in [-0.3, -0.25) is 10.1 Å². The fraction of sp³-hybridized carbons (Fsp3) is 0. The van der Waals surface area contributed by atoms with Crippen LogP contribution in [0.1, 0.15) is 5.56 Å². The fourth-order valence-electron chi connectivity index (χ4n) is 1.43. The molecule has 1 N–H and O–H groups in total. The number of nitrogens with zero attached hydrogens (tertiary/aromatic N) is 2. The first kappa shape index (κ1) is 12.9. The van der Waals surface area contributed by atoms with Crippen molar-refractivity contribution in [1.82, 2.24) is 0 Å². The molecule has 94 valence electrons. The summed E-state index contributed by atoms with van der Waals surface area (Å²) in [6.07, 6.45) is 0. The zero-order valence-corrected chi connectivity index (χ0v) is 10.4. The van der Waals surface area contributed by atoms with Crippen LogP contribution in [0, 0.1) is 21.4 Å². The Labute approximate surface area is 113 Å². The number of aromatic hydroxyl groups is 1. The molecule has 19 heavy (non-hydrogen) atoms. The van der Waals surface area contributed by atoms with Crippen LogP contribution in [0.25, 0.3) is 0 Å². The largest absolute Gasteiger partial charge is 0.507 e. The van der Waals surface area contributed by atoms with Crippen LogP contribution in [-0.4, -0.2) is 10.0 Å². The first-order valence-electron chi connectivity index (χ1n) is 5.25. The van der Waals surface area contributed by atoms with Crippen LogP contribution in [0.15, 0.2) is 52.3 Å². The zero-order valence-electron chi connectivity index (χ0n) is 9.61. The third kappa shape index (κ3) is 3.03. The number of non-ortho nitro benzene ring substituents is 1. The standard InChI is InChI=1S/C13H8N2O3S/c14-8-9-1-4-11(5-2-9)19-13-6-3-10(15(17)18)7-12(13)16/h1-7,16H. The van der Waals surface area contributed by atoms with E-state index in [1.165, 1.54) is 23.9 Å². The van der Waals surface area contributed by atoms with Crippen molar-refractivity contribution < 1.29 is 10.0 Å². The number of hydrogen-bond acceptors (Lipinski definition) is 5. The van der Waals surface area contributed by atoms with E-state index in [-0.39, 0.29) is 11.4 Å². The van der Waals surface area contributed by atoms with Crippen molar-refractivity contribution in [3.05, 3.63) is 58.1 Å². The van der Waals surface area contributed by atoms with Crippen molar-refractivity contribution in [2.75, 3.05) is 0 Å². The third-order valence-electron chi connectivity index (χ3n) is 2.36. The van der Waals surface area contributed by atoms with E-state index in [4.69, 9.17) is 5.26 Å². The van der Waals surface area contributed by atoms with Crippen LogP contribution in [-0.2, 0) is 0 Å². The van der Waals surface area contributed by atoms with Crippen molar-refractivity contribution in [2.45, 2.75) is 9.79 Å². The van der Waals surface area contributed by atoms with E-state index in [0.29, 0.717) is 10.5 Å². The highest BCUT2D eigenvalue weighted by Gasteiger charge is 2.10. The van der Waals surface area contributed by atoms with Crippen molar-refractivity contribution >= 4 is 17.4 Å². The van der Waals surface area contributed by atoms with Gasteiger partial charge in [-0.25, -0.2) is 0 Å². The Morgan fingerprint density at radius 1 is 1.21 bits per heavy atom. The molecule has 2 aromatic rings. The lowest BCUT2D eigenvalue weighted by molar-refractivity contribution is -0.385. The number of hydrogen-bond donors (Lipinski definition) is 1. The Hall–Kier alpha value is -2.52. The molecule has 0 atom stereocenters. The second-order valence-corrected chi connectivity index (χ2v) is 4.76. The number of phenolic OH excluding ortho intramolecular Hbond substituents is 1. The lowest BCUT2D eigenvalue weighted by Gasteiger charge is -2.04. The van der Waals surface area contributed by atoms with Crippen molar-refractivity contribution in [1.29, 1.82) is 5.26 Å². The number of benzene rings is 2. The van der Waals surface area contributed by atoms with Crippen molar-refractivity contribution in [3.63, 3.8) is 0 Å². The molecule has 6 heteroatoms. The number of phenols is 1. The topological polar surface area (TPSA) is 87.2 Å². The molecule has 0 saturated heterocycles. The molecular weight excluding hydrogens is 264 g/mol. The van der Waals surface area contributed by atoms with Gasteiger partial charge in [-0.05, 0) is 30.3 Å². The highest BCUT2D eigenvalue weighted by atomic mass is 32.2. The molecule has 0 aliphatic carbocycles. The van der Waals surface area contributed by atoms with Crippen LogP contribution >= 0.6 is 11.8 Å². The Balaban J connectivity index is 2.23. The molecule has 0 amide bonds.